The highest BCUT2D eigenvalue weighted by atomic mass is 32.2. The Morgan fingerprint density at radius 1 is 1.44 bits per heavy atom. The van der Waals surface area contributed by atoms with E-state index in [0.29, 0.717) is 9.09 Å². The monoisotopic (exact) mass is 291 g/mol. The molecule has 0 saturated heterocycles. The molecule has 104 valence electrons. The van der Waals surface area contributed by atoms with E-state index in [0.717, 1.165) is 36.2 Å². The predicted molar refractivity (Wildman–Crippen MR) is 74.3 cm³/mol. The lowest BCUT2D eigenvalue weighted by Crippen LogP contribution is -2.33. The maximum Gasteiger partial charge on any atom is 0.250 e. The van der Waals surface area contributed by atoms with Gasteiger partial charge in [-0.05, 0) is 31.4 Å². The standard InChI is InChI=1S/C12H21NO3S2/c1-4-6-10(5-2)13-18(15,16)12-7-9(3)11(8-14)17-12/h7,10,13-14H,4-6,8H2,1-3H3. The van der Waals surface area contributed by atoms with Crippen molar-refractivity contribution in [1.82, 2.24) is 4.72 Å². The van der Waals surface area contributed by atoms with Crippen molar-refractivity contribution in [3.05, 3.63) is 16.5 Å². The average Bonchev–Trinajstić information content (AvgIpc) is 2.70. The van der Waals surface area contributed by atoms with Gasteiger partial charge in [-0.3, -0.25) is 0 Å². The Morgan fingerprint density at radius 2 is 2.11 bits per heavy atom. The van der Waals surface area contributed by atoms with Crippen LogP contribution in [0.15, 0.2) is 10.3 Å². The molecule has 4 nitrogen and oxygen atoms in total. The molecule has 18 heavy (non-hydrogen) atoms. The molecule has 2 N–H and O–H groups in total. The molecule has 1 aromatic heterocycles. The van der Waals surface area contributed by atoms with Gasteiger partial charge in [0.2, 0.25) is 10.0 Å². The lowest BCUT2D eigenvalue weighted by molar-refractivity contribution is 0.285. The summed E-state index contributed by atoms with van der Waals surface area (Å²) >= 11 is 1.14. The Balaban J connectivity index is 2.91. The molecule has 1 heterocycles. The molecule has 0 fully saturated rings. The van der Waals surface area contributed by atoms with Crippen molar-refractivity contribution in [3.63, 3.8) is 0 Å². The average molecular weight is 291 g/mol. The van der Waals surface area contributed by atoms with Gasteiger partial charge in [0.05, 0.1) is 6.61 Å². The van der Waals surface area contributed by atoms with Gasteiger partial charge in [0.1, 0.15) is 4.21 Å². The van der Waals surface area contributed by atoms with Gasteiger partial charge in [-0.1, -0.05) is 20.3 Å². The minimum atomic E-state index is -3.45. The van der Waals surface area contributed by atoms with E-state index in [1.807, 2.05) is 20.8 Å². The van der Waals surface area contributed by atoms with Crippen LogP contribution in [0.2, 0.25) is 0 Å². The van der Waals surface area contributed by atoms with Gasteiger partial charge in [0.15, 0.2) is 0 Å². The third kappa shape index (κ3) is 3.78. The molecule has 1 aromatic rings. The summed E-state index contributed by atoms with van der Waals surface area (Å²) in [5, 5.41) is 9.10. The second-order valence-electron chi connectivity index (χ2n) is 4.34. The summed E-state index contributed by atoms with van der Waals surface area (Å²) in [4.78, 5) is 0.707. The highest BCUT2D eigenvalue weighted by Crippen LogP contribution is 2.26. The van der Waals surface area contributed by atoms with Crippen molar-refractivity contribution in [2.75, 3.05) is 0 Å². The molecule has 0 radical (unpaired) electrons. The van der Waals surface area contributed by atoms with Crippen LogP contribution in [-0.2, 0) is 16.6 Å². The lowest BCUT2D eigenvalue weighted by atomic mass is 10.1. The molecule has 6 heteroatoms. The number of thiophene rings is 1. The first kappa shape index (κ1) is 15.6. The molecular formula is C12H21NO3S2. The molecule has 0 aliphatic heterocycles. The quantitative estimate of drug-likeness (QED) is 0.810. The third-order valence-corrected chi connectivity index (χ3v) is 6.07. The molecule has 1 atom stereocenters. The second-order valence-corrected chi connectivity index (χ2v) is 7.42. The number of hydrogen-bond donors (Lipinski definition) is 2. The van der Waals surface area contributed by atoms with Crippen molar-refractivity contribution in [2.24, 2.45) is 0 Å². The van der Waals surface area contributed by atoms with Crippen molar-refractivity contribution in [2.45, 2.75) is 56.9 Å². The summed E-state index contributed by atoms with van der Waals surface area (Å²) in [5.41, 5.74) is 0.825. The number of aliphatic hydroxyl groups is 1. The Morgan fingerprint density at radius 3 is 2.56 bits per heavy atom. The number of aliphatic hydroxyl groups excluding tert-OH is 1. The van der Waals surface area contributed by atoms with E-state index in [-0.39, 0.29) is 12.6 Å². The van der Waals surface area contributed by atoms with Crippen molar-refractivity contribution < 1.29 is 13.5 Å². The van der Waals surface area contributed by atoms with E-state index in [1.165, 1.54) is 0 Å². The maximum absolute atomic E-state index is 12.2. The highest BCUT2D eigenvalue weighted by Gasteiger charge is 2.21. The van der Waals surface area contributed by atoms with Crippen LogP contribution < -0.4 is 4.72 Å². The SMILES string of the molecule is CCCC(CC)NS(=O)(=O)c1cc(C)c(CO)s1. The molecule has 0 amide bonds. The first-order valence-electron chi connectivity index (χ1n) is 6.17. The van der Waals surface area contributed by atoms with E-state index in [1.54, 1.807) is 6.07 Å². The van der Waals surface area contributed by atoms with Crippen molar-refractivity contribution >= 4 is 21.4 Å². The van der Waals surface area contributed by atoms with E-state index in [4.69, 9.17) is 5.11 Å². The number of rotatable bonds is 7. The first-order chi connectivity index (χ1) is 8.44. The van der Waals surface area contributed by atoms with E-state index >= 15 is 0 Å². The Bertz CT molecular complexity index is 480. The third-order valence-electron chi connectivity index (χ3n) is 2.86. The summed E-state index contributed by atoms with van der Waals surface area (Å²) in [5.74, 6) is 0. The Kier molecular flexibility index (Phi) is 5.78. The topological polar surface area (TPSA) is 66.4 Å². The fourth-order valence-corrected chi connectivity index (χ4v) is 4.57. The zero-order chi connectivity index (χ0) is 13.8. The molecule has 0 aromatic carbocycles. The van der Waals surface area contributed by atoms with Crippen LogP contribution in [0, 0.1) is 6.92 Å². The van der Waals surface area contributed by atoms with Crippen LogP contribution >= 0.6 is 11.3 Å². The first-order valence-corrected chi connectivity index (χ1v) is 8.47. The number of aryl methyl sites for hydroxylation is 1. The van der Waals surface area contributed by atoms with Gasteiger partial charge >= 0.3 is 0 Å². The zero-order valence-electron chi connectivity index (χ0n) is 11.1. The lowest BCUT2D eigenvalue weighted by Gasteiger charge is -2.15. The van der Waals surface area contributed by atoms with Crippen LogP contribution in [0.25, 0.3) is 0 Å². The van der Waals surface area contributed by atoms with Gasteiger partial charge < -0.3 is 5.11 Å². The van der Waals surface area contributed by atoms with Crippen molar-refractivity contribution in [3.8, 4) is 0 Å². The molecule has 1 rings (SSSR count). The molecule has 0 spiro atoms. The second kappa shape index (κ2) is 6.65. The largest absolute Gasteiger partial charge is 0.391 e. The highest BCUT2D eigenvalue weighted by molar-refractivity contribution is 7.91. The predicted octanol–water partition coefficient (Wildman–Crippen LogP) is 2.41. The molecule has 1 unspecified atom stereocenters. The number of nitrogens with one attached hydrogen (secondary N) is 1. The van der Waals surface area contributed by atoms with Gasteiger partial charge in [-0.25, -0.2) is 13.1 Å². The summed E-state index contributed by atoms with van der Waals surface area (Å²) in [6.45, 7) is 5.71. The van der Waals surface area contributed by atoms with Crippen molar-refractivity contribution in [1.29, 1.82) is 0 Å². The number of hydrogen-bond acceptors (Lipinski definition) is 4. The molecule has 0 aliphatic carbocycles. The summed E-state index contributed by atoms with van der Waals surface area (Å²) in [7, 11) is -3.45. The summed E-state index contributed by atoms with van der Waals surface area (Å²) < 4.78 is 27.4. The molecule has 0 aliphatic rings. The Labute approximate surface area is 113 Å². The van der Waals surface area contributed by atoms with Crippen LogP contribution in [0.3, 0.4) is 0 Å². The fourth-order valence-electron chi connectivity index (χ4n) is 1.75. The van der Waals surface area contributed by atoms with Gasteiger partial charge in [-0.2, -0.15) is 0 Å². The van der Waals surface area contributed by atoms with Gasteiger partial charge in [0.25, 0.3) is 0 Å². The summed E-state index contributed by atoms with van der Waals surface area (Å²) in [6, 6.07) is 1.61. The Hall–Kier alpha value is -0.430. The molecule has 0 saturated carbocycles. The van der Waals surface area contributed by atoms with E-state index in [2.05, 4.69) is 4.72 Å². The summed E-state index contributed by atoms with van der Waals surface area (Å²) in [6.07, 6.45) is 2.57. The zero-order valence-corrected chi connectivity index (χ0v) is 12.7. The van der Waals surface area contributed by atoms with Crippen LogP contribution in [-0.4, -0.2) is 19.6 Å². The normalized spacial score (nSPS) is 13.8. The molecule has 0 bridgehead atoms. The van der Waals surface area contributed by atoms with Crippen LogP contribution in [0.1, 0.15) is 43.6 Å². The minimum Gasteiger partial charge on any atom is -0.391 e. The smallest absolute Gasteiger partial charge is 0.250 e. The van der Waals surface area contributed by atoms with E-state index in [9.17, 15) is 8.42 Å². The van der Waals surface area contributed by atoms with Gasteiger partial charge in [0, 0.05) is 10.9 Å². The van der Waals surface area contributed by atoms with Crippen LogP contribution in [0.5, 0.6) is 0 Å². The number of sulfonamides is 1. The fraction of sp³-hybridized carbons (Fsp3) is 0.667. The minimum absolute atomic E-state index is 0.0139. The van der Waals surface area contributed by atoms with E-state index < -0.39 is 10.0 Å². The maximum atomic E-state index is 12.2. The van der Waals surface area contributed by atoms with Gasteiger partial charge in [-0.15, -0.1) is 11.3 Å². The molecular weight excluding hydrogens is 270 g/mol. The van der Waals surface area contributed by atoms with Crippen LogP contribution in [0.4, 0.5) is 0 Å².